The van der Waals surface area contributed by atoms with E-state index < -0.39 is 5.79 Å². The summed E-state index contributed by atoms with van der Waals surface area (Å²) in [5.74, 6) is 0.544. The first kappa shape index (κ1) is 28.7. The van der Waals surface area contributed by atoms with Gasteiger partial charge in [-0.1, -0.05) is 41.6 Å². The molecule has 12 heteroatoms. The smallest absolute Gasteiger partial charge is 0.236 e. The molecular weight excluding hydrogens is 580 g/mol. The van der Waals surface area contributed by atoms with Gasteiger partial charge in [0.05, 0.1) is 24.4 Å². The molecule has 3 N–H and O–H groups in total. The summed E-state index contributed by atoms with van der Waals surface area (Å²) >= 11 is 8.88. The minimum Gasteiger partial charge on any atom is -0.491 e. The number of rotatable bonds is 9. The van der Waals surface area contributed by atoms with Crippen LogP contribution >= 0.6 is 34.7 Å². The Balaban J connectivity index is 1.32. The highest BCUT2D eigenvalue weighted by Crippen LogP contribution is 2.42. The van der Waals surface area contributed by atoms with Crippen LogP contribution in [0.15, 0.2) is 58.9 Å². The molecule has 2 aromatic heterocycles. The first-order valence-corrected chi connectivity index (χ1v) is 14.7. The third-order valence-electron chi connectivity index (χ3n) is 6.02. The zero-order chi connectivity index (χ0) is 29.0. The Labute approximate surface area is 251 Å². The normalized spacial score (nSPS) is 15.7. The predicted octanol–water partition coefficient (Wildman–Crippen LogP) is 7.43. The number of nitrogens with one attached hydrogen (secondary N) is 1. The largest absolute Gasteiger partial charge is 0.491 e. The van der Waals surface area contributed by atoms with E-state index in [1.54, 1.807) is 30.3 Å². The molecule has 0 unspecified atom stereocenters. The quantitative estimate of drug-likeness (QED) is 0.148. The molecule has 41 heavy (non-hydrogen) atoms. The van der Waals surface area contributed by atoms with Gasteiger partial charge in [-0.3, -0.25) is 0 Å². The molecule has 0 aliphatic carbocycles. The van der Waals surface area contributed by atoms with Crippen LogP contribution in [-0.4, -0.2) is 35.1 Å². The van der Waals surface area contributed by atoms with Crippen molar-refractivity contribution in [1.29, 1.82) is 5.26 Å². The van der Waals surface area contributed by atoms with E-state index in [1.165, 1.54) is 23.1 Å². The molecule has 1 aliphatic rings. The van der Waals surface area contributed by atoms with Crippen LogP contribution in [0.4, 0.5) is 22.3 Å². The Kier molecular flexibility index (Phi) is 8.64. The number of nitrogens with two attached hydrogens (primary N) is 1. The number of hydrogen-bond donors (Lipinski definition) is 2. The van der Waals surface area contributed by atoms with Gasteiger partial charge in [0, 0.05) is 27.4 Å². The number of ether oxygens (including phenoxy) is 3. The average molecular weight is 605 g/mol. The number of hydrogen-bond acceptors (Lipinski definition) is 10. The number of nitrogen functional groups attached to an aromatic ring is 1. The first-order chi connectivity index (χ1) is 19.7. The van der Waals surface area contributed by atoms with Crippen LogP contribution in [0.3, 0.4) is 0 Å². The maximum absolute atomic E-state index is 10.1. The van der Waals surface area contributed by atoms with Crippen LogP contribution in [-0.2, 0) is 15.2 Å². The molecule has 1 fully saturated rings. The summed E-state index contributed by atoms with van der Waals surface area (Å²) in [5, 5.41) is 17.1. The van der Waals surface area contributed by atoms with Crippen molar-refractivity contribution in [3.8, 4) is 22.9 Å². The van der Waals surface area contributed by atoms with Gasteiger partial charge >= 0.3 is 0 Å². The number of aromatic nitrogens is 2. The number of benzene rings is 2. The van der Waals surface area contributed by atoms with E-state index in [0.717, 1.165) is 16.5 Å². The fourth-order valence-corrected chi connectivity index (χ4v) is 6.10. The number of thioether (sulfide) groups is 1. The van der Waals surface area contributed by atoms with Gasteiger partial charge in [-0.15, -0.1) is 11.3 Å². The molecule has 0 bridgehead atoms. The molecule has 0 spiro atoms. The highest BCUT2D eigenvalue weighted by molar-refractivity contribution is 7.98. The summed E-state index contributed by atoms with van der Waals surface area (Å²) in [6.45, 7) is 12.2. The average Bonchev–Trinajstić information content (AvgIpc) is 3.55. The van der Waals surface area contributed by atoms with Crippen LogP contribution in [0.1, 0.15) is 25.1 Å². The maximum atomic E-state index is 10.1. The van der Waals surface area contributed by atoms with Crippen molar-refractivity contribution in [1.82, 2.24) is 9.97 Å². The van der Waals surface area contributed by atoms with Crippen molar-refractivity contribution >= 4 is 57.0 Å². The molecule has 0 radical (unpaired) electrons. The second-order valence-corrected chi connectivity index (χ2v) is 11.7. The minimum atomic E-state index is -0.617. The molecule has 1 aliphatic heterocycles. The van der Waals surface area contributed by atoms with Crippen molar-refractivity contribution in [2.75, 3.05) is 24.3 Å². The molecule has 0 amide bonds. The Bertz CT molecular complexity index is 1650. The van der Waals surface area contributed by atoms with E-state index in [0.29, 0.717) is 45.9 Å². The van der Waals surface area contributed by atoms with Gasteiger partial charge in [0.25, 0.3) is 0 Å². The fourth-order valence-electron chi connectivity index (χ4n) is 4.19. The van der Waals surface area contributed by atoms with Crippen LogP contribution in [0, 0.1) is 17.9 Å². The Morgan fingerprint density at radius 2 is 2.10 bits per heavy atom. The first-order valence-electron chi connectivity index (χ1n) is 12.5. The molecule has 1 atom stereocenters. The molecule has 4 aromatic rings. The SMILES string of the molecule is [C-]#[N+]c1c(N)nc(SCc2csc(Nc3cccc(Cl)c3)n2)c(C#N)c1-c1ccc(OC[C@@H]2COC(C)(C)O2)cc1. The van der Waals surface area contributed by atoms with E-state index in [2.05, 4.69) is 26.2 Å². The van der Waals surface area contributed by atoms with Crippen molar-refractivity contribution < 1.29 is 14.2 Å². The summed E-state index contributed by atoms with van der Waals surface area (Å²) in [6.07, 6.45) is -0.162. The van der Waals surface area contributed by atoms with Gasteiger partial charge in [-0.25, -0.2) is 14.8 Å². The van der Waals surface area contributed by atoms with Gasteiger partial charge in [0.15, 0.2) is 10.9 Å². The lowest BCUT2D eigenvalue weighted by molar-refractivity contribution is -0.141. The van der Waals surface area contributed by atoms with Crippen molar-refractivity contribution in [2.45, 2.75) is 36.5 Å². The van der Waals surface area contributed by atoms with Crippen LogP contribution in [0.2, 0.25) is 5.02 Å². The summed E-state index contributed by atoms with van der Waals surface area (Å²) in [5.41, 5.74) is 9.39. The summed E-state index contributed by atoms with van der Waals surface area (Å²) in [4.78, 5) is 12.6. The number of nitriles is 1. The molecule has 9 nitrogen and oxygen atoms in total. The lowest BCUT2D eigenvalue weighted by Crippen LogP contribution is -2.25. The molecule has 1 saturated heterocycles. The fraction of sp³-hybridized carbons (Fsp3) is 0.241. The Morgan fingerprint density at radius 3 is 2.78 bits per heavy atom. The van der Waals surface area contributed by atoms with E-state index in [-0.39, 0.29) is 23.2 Å². The van der Waals surface area contributed by atoms with Gasteiger partial charge < -0.3 is 25.3 Å². The Morgan fingerprint density at radius 1 is 1.29 bits per heavy atom. The van der Waals surface area contributed by atoms with E-state index >= 15 is 0 Å². The molecule has 2 aromatic carbocycles. The second kappa shape index (κ2) is 12.4. The zero-order valence-electron chi connectivity index (χ0n) is 22.2. The highest BCUT2D eigenvalue weighted by atomic mass is 35.5. The molecule has 0 saturated carbocycles. The molecule has 5 rings (SSSR count). The highest BCUT2D eigenvalue weighted by Gasteiger charge is 2.33. The predicted molar refractivity (Wildman–Crippen MR) is 162 cm³/mol. The molecule has 3 heterocycles. The number of halogens is 1. The number of thiazole rings is 1. The lowest BCUT2D eigenvalue weighted by Gasteiger charge is -2.17. The van der Waals surface area contributed by atoms with Crippen molar-refractivity contribution in [3.05, 3.63) is 81.6 Å². The third-order valence-corrected chi connectivity index (χ3v) is 8.07. The van der Waals surface area contributed by atoms with Crippen LogP contribution in [0.5, 0.6) is 5.75 Å². The topological polar surface area (TPSA) is 120 Å². The lowest BCUT2D eigenvalue weighted by atomic mass is 10.00. The zero-order valence-corrected chi connectivity index (χ0v) is 24.6. The third kappa shape index (κ3) is 6.91. The van der Waals surface area contributed by atoms with Crippen molar-refractivity contribution in [2.24, 2.45) is 0 Å². The monoisotopic (exact) mass is 604 g/mol. The van der Waals surface area contributed by atoms with Crippen LogP contribution < -0.4 is 15.8 Å². The summed E-state index contributed by atoms with van der Waals surface area (Å²) < 4.78 is 17.2. The van der Waals surface area contributed by atoms with Gasteiger partial charge in [0.1, 0.15) is 35.4 Å². The number of anilines is 3. The molecule has 208 valence electrons. The minimum absolute atomic E-state index is 0.0689. The number of pyridine rings is 1. The van der Waals surface area contributed by atoms with E-state index in [4.69, 9.17) is 38.1 Å². The summed E-state index contributed by atoms with van der Waals surface area (Å²) in [7, 11) is 0. The molecular formula is C29H25ClN6O3S2. The number of nitrogens with zero attached hydrogens (tertiary/aromatic N) is 4. The second-order valence-electron chi connectivity index (χ2n) is 9.48. The maximum Gasteiger partial charge on any atom is 0.236 e. The summed E-state index contributed by atoms with van der Waals surface area (Å²) in [6, 6.07) is 16.8. The van der Waals surface area contributed by atoms with Gasteiger partial charge in [-0.2, -0.15) is 5.26 Å². The van der Waals surface area contributed by atoms with E-state index in [9.17, 15) is 5.26 Å². The van der Waals surface area contributed by atoms with Crippen molar-refractivity contribution in [3.63, 3.8) is 0 Å². The van der Waals surface area contributed by atoms with E-state index in [1.807, 2.05) is 37.4 Å². The van der Waals surface area contributed by atoms with Gasteiger partial charge in [-0.05, 0) is 49.7 Å². The standard InChI is InChI=1S/C29H25ClN6O3S2/c1-29(2)38-14-22(39-29)13-37-21-9-7-17(8-10-21)24-23(12-31)27(36-26(32)25(24)33-3)40-15-20-16-41-28(35-20)34-19-6-4-5-18(30)11-19/h4-11,16,22H,13-15H2,1-2H3,(H2,32,36)(H,34,35)/t22-/m1/s1. The van der Waals surface area contributed by atoms with Crippen LogP contribution in [0.25, 0.3) is 16.0 Å². The van der Waals surface area contributed by atoms with Gasteiger partial charge in [0.2, 0.25) is 5.69 Å². The Hall–Kier alpha value is -3.84.